The van der Waals surface area contributed by atoms with E-state index in [4.69, 9.17) is 4.74 Å². The van der Waals surface area contributed by atoms with Gasteiger partial charge in [0.05, 0.1) is 19.8 Å². The summed E-state index contributed by atoms with van der Waals surface area (Å²) in [5.41, 5.74) is -0.866. The Morgan fingerprint density at radius 3 is 2.29 bits per heavy atom. The number of alkyl halides is 3. The predicted molar refractivity (Wildman–Crippen MR) is 42.3 cm³/mol. The maximum atomic E-state index is 12.2. The highest BCUT2D eigenvalue weighted by Crippen LogP contribution is 2.34. The molecule has 0 saturated heterocycles. The van der Waals surface area contributed by atoms with Gasteiger partial charge in [-0.05, 0) is 6.07 Å². The van der Waals surface area contributed by atoms with Crippen LogP contribution in [0.5, 0.6) is 11.6 Å². The molecule has 0 aliphatic heterocycles. The smallest absolute Gasteiger partial charge is 0.418 e. The van der Waals surface area contributed by atoms with Gasteiger partial charge in [0, 0.05) is 6.20 Å². The summed E-state index contributed by atoms with van der Waals surface area (Å²) in [7, 11) is 2.55. The zero-order valence-electron chi connectivity index (χ0n) is 7.55. The quantitative estimate of drug-likeness (QED) is 0.744. The van der Waals surface area contributed by atoms with Crippen LogP contribution in [0.4, 0.5) is 13.2 Å². The summed E-state index contributed by atoms with van der Waals surface area (Å²) >= 11 is 0. The van der Waals surface area contributed by atoms with Crippen molar-refractivity contribution in [2.24, 2.45) is 0 Å². The summed E-state index contributed by atoms with van der Waals surface area (Å²) in [4.78, 5) is 3.47. The van der Waals surface area contributed by atoms with Gasteiger partial charge in [-0.3, -0.25) is 0 Å². The highest BCUT2D eigenvalue weighted by molar-refractivity contribution is 5.37. The summed E-state index contributed by atoms with van der Waals surface area (Å²) in [5, 5.41) is 0. The number of halogens is 3. The van der Waals surface area contributed by atoms with Crippen LogP contribution in [0.15, 0.2) is 12.3 Å². The van der Waals surface area contributed by atoms with Crippen molar-refractivity contribution in [1.29, 1.82) is 0 Å². The molecular formula is C8H8F3NO2. The maximum Gasteiger partial charge on any atom is 0.418 e. The van der Waals surface area contributed by atoms with E-state index in [0.29, 0.717) is 6.20 Å². The second-order valence-corrected chi connectivity index (χ2v) is 2.43. The van der Waals surface area contributed by atoms with Gasteiger partial charge in [0.1, 0.15) is 0 Å². The first kappa shape index (κ1) is 10.6. The van der Waals surface area contributed by atoms with Crippen LogP contribution in [0.1, 0.15) is 5.56 Å². The van der Waals surface area contributed by atoms with Gasteiger partial charge in [0.25, 0.3) is 5.88 Å². The first-order chi connectivity index (χ1) is 6.49. The minimum atomic E-state index is -4.42. The fraction of sp³-hybridized carbons (Fsp3) is 0.375. The fourth-order valence-electron chi connectivity index (χ4n) is 0.887. The Morgan fingerprint density at radius 2 is 1.86 bits per heavy atom. The van der Waals surface area contributed by atoms with Gasteiger partial charge >= 0.3 is 6.18 Å². The molecular weight excluding hydrogens is 199 g/mol. The van der Waals surface area contributed by atoms with Crippen molar-refractivity contribution in [2.45, 2.75) is 6.18 Å². The van der Waals surface area contributed by atoms with Crippen LogP contribution >= 0.6 is 0 Å². The van der Waals surface area contributed by atoms with Gasteiger partial charge in [-0.15, -0.1) is 0 Å². The molecule has 0 unspecified atom stereocenters. The van der Waals surface area contributed by atoms with Gasteiger partial charge in [-0.1, -0.05) is 0 Å². The predicted octanol–water partition coefficient (Wildman–Crippen LogP) is 2.12. The van der Waals surface area contributed by atoms with Crippen molar-refractivity contribution < 1.29 is 22.6 Å². The molecule has 0 N–H and O–H groups in total. The average Bonchev–Trinajstić information content (AvgIpc) is 2.15. The van der Waals surface area contributed by atoms with E-state index in [1.165, 1.54) is 14.2 Å². The van der Waals surface area contributed by atoms with E-state index in [1.54, 1.807) is 0 Å². The Balaban J connectivity index is 3.14. The van der Waals surface area contributed by atoms with Gasteiger partial charge in [0.2, 0.25) is 0 Å². The van der Waals surface area contributed by atoms with E-state index in [1.807, 2.05) is 0 Å². The molecule has 0 fully saturated rings. The third-order valence-corrected chi connectivity index (χ3v) is 1.56. The molecule has 1 aromatic rings. The zero-order valence-corrected chi connectivity index (χ0v) is 7.55. The molecule has 3 nitrogen and oxygen atoms in total. The first-order valence-corrected chi connectivity index (χ1v) is 3.64. The zero-order chi connectivity index (χ0) is 10.8. The molecule has 1 aromatic heterocycles. The topological polar surface area (TPSA) is 31.4 Å². The number of nitrogens with zero attached hydrogens (tertiary/aromatic N) is 1. The number of ether oxygens (including phenoxy) is 2. The largest absolute Gasteiger partial charge is 0.491 e. The molecule has 6 heteroatoms. The van der Waals surface area contributed by atoms with Gasteiger partial charge in [-0.2, -0.15) is 13.2 Å². The second-order valence-electron chi connectivity index (χ2n) is 2.43. The Labute approximate surface area is 78.5 Å². The molecule has 78 valence electrons. The number of aromatic nitrogens is 1. The van der Waals surface area contributed by atoms with Crippen molar-refractivity contribution in [1.82, 2.24) is 4.98 Å². The molecule has 0 bridgehead atoms. The summed E-state index contributed by atoms with van der Waals surface area (Å²) < 4.78 is 46.0. The van der Waals surface area contributed by atoms with Crippen molar-refractivity contribution in [2.75, 3.05) is 14.2 Å². The number of methoxy groups -OCH3 is 2. The normalized spacial score (nSPS) is 11.2. The molecule has 0 saturated carbocycles. The SMILES string of the molecule is COc1cc(C(F)(F)F)cnc1OC. The Bertz CT molecular complexity index is 325. The van der Waals surface area contributed by atoms with Crippen LogP contribution < -0.4 is 9.47 Å². The van der Waals surface area contributed by atoms with Crippen molar-refractivity contribution in [3.63, 3.8) is 0 Å². The molecule has 1 heterocycles. The van der Waals surface area contributed by atoms with E-state index in [0.717, 1.165) is 6.07 Å². The van der Waals surface area contributed by atoms with Crippen molar-refractivity contribution >= 4 is 0 Å². The van der Waals surface area contributed by atoms with Crippen molar-refractivity contribution in [3.8, 4) is 11.6 Å². The average molecular weight is 207 g/mol. The molecule has 0 aliphatic carbocycles. The van der Waals surface area contributed by atoms with E-state index in [-0.39, 0.29) is 11.6 Å². The summed E-state index contributed by atoms with van der Waals surface area (Å²) in [6, 6.07) is 0.839. The van der Waals surface area contributed by atoms with Crippen LogP contribution in [0.25, 0.3) is 0 Å². The lowest BCUT2D eigenvalue weighted by Gasteiger charge is -2.10. The van der Waals surface area contributed by atoms with Gasteiger partial charge < -0.3 is 9.47 Å². The highest BCUT2D eigenvalue weighted by atomic mass is 19.4. The number of hydrogen-bond donors (Lipinski definition) is 0. The molecule has 0 aromatic carbocycles. The second kappa shape index (κ2) is 3.73. The molecule has 0 aliphatic rings. The lowest BCUT2D eigenvalue weighted by molar-refractivity contribution is -0.138. The molecule has 14 heavy (non-hydrogen) atoms. The first-order valence-electron chi connectivity index (χ1n) is 3.64. The summed E-state index contributed by atoms with van der Waals surface area (Å²) in [6.07, 6.45) is -3.73. The maximum absolute atomic E-state index is 12.2. The van der Waals surface area contributed by atoms with E-state index in [9.17, 15) is 13.2 Å². The molecule has 1 rings (SSSR count). The van der Waals surface area contributed by atoms with Crippen LogP contribution in [0, 0.1) is 0 Å². The van der Waals surface area contributed by atoms with E-state index < -0.39 is 11.7 Å². The minimum absolute atomic E-state index is 0.0282. The Hall–Kier alpha value is -1.46. The fourth-order valence-corrected chi connectivity index (χ4v) is 0.887. The van der Waals surface area contributed by atoms with Crippen LogP contribution in [0.3, 0.4) is 0 Å². The lowest BCUT2D eigenvalue weighted by atomic mass is 10.2. The minimum Gasteiger partial charge on any atom is -0.491 e. The Morgan fingerprint density at radius 1 is 1.21 bits per heavy atom. The Kier molecular flexibility index (Phi) is 2.83. The van der Waals surface area contributed by atoms with Crippen LogP contribution in [-0.4, -0.2) is 19.2 Å². The third kappa shape index (κ3) is 2.07. The third-order valence-electron chi connectivity index (χ3n) is 1.56. The van der Waals surface area contributed by atoms with E-state index in [2.05, 4.69) is 9.72 Å². The summed E-state index contributed by atoms with van der Waals surface area (Å²) in [5.74, 6) is -0.0113. The molecule has 0 spiro atoms. The summed E-state index contributed by atoms with van der Waals surface area (Å²) in [6.45, 7) is 0. The number of hydrogen-bond acceptors (Lipinski definition) is 3. The molecule has 0 radical (unpaired) electrons. The monoisotopic (exact) mass is 207 g/mol. The lowest BCUT2D eigenvalue weighted by Crippen LogP contribution is -2.06. The van der Waals surface area contributed by atoms with Crippen molar-refractivity contribution in [3.05, 3.63) is 17.8 Å². The van der Waals surface area contributed by atoms with E-state index >= 15 is 0 Å². The van der Waals surface area contributed by atoms with Gasteiger partial charge in [0.15, 0.2) is 5.75 Å². The van der Waals surface area contributed by atoms with Crippen LogP contribution in [-0.2, 0) is 6.18 Å². The standard InChI is InChI=1S/C8H8F3NO2/c1-13-6-3-5(8(9,10)11)4-12-7(6)14-2/h3-4H,1-2H3. The highest BCUT2D eigenvalue weighted by Gasteiger charge is 2.32. The number of rotatable bonds is 2. The van der Waals surface area contributed by atoms with Crippen LogP contribution in [0.2, 0.25) is 0 Å². The molecule has 0 amide bonds. The van der Waals surface area contributed by atoms with Gasteiger partial charge in [-0.25, -0.2) is 4.98 Å². The molecule has 0 atom stereocenters. The number of pyridine rings is 1.